The second-order valence-electron chi connectivity index (χ2n) is 6.13. The number of carboxylic acid groups (broad SMARTS) is 1. The van der Waals surface area contributed by atoms with Crippen molar-refractivity contribution in [2.45, 2.75) is 19.7 Å². The number of hydrogen-bond acceptors (Lipinski definition) is 3. The molecule has 0 aliphatic carbocycles. The van der Waals surface area contributed by atoms with Crippen molar-refractivity contribution in [3.8, 4) is 5.75 Å². The Morgan fingerprint density at radius 1 is 1.17 bits per heavy atom. The fourth-order valence-corrected chi connectivity index (χ4v) is 3.51. The number of aromatic nitrogens is 1. The molecule has 0 bridgehead atoms. The van der Waals surface area contributed by atoms with Crippen molar-refractivity contribution in [1.82, 2.24) is 4.57 Å². The number of rotatable bonds is 4. The second kappa shape index (κ2) is 7.51. The first-order valence-electron chi connectivity index (χ1n) is 8.09. The lowest BCUT2D eigenvalue weighted by Crippen LogP contribution is -2.17. The number of fused-ring (bicyclic) bond motifs is 1. The minimum absolute atomic E-state index is 0.0243. The average Bonchev–Trinajstić information content (AvgIpc) is 2.86. The van der Waals surface area contributed by atoms with Gasteiger partial charge in [0.2, 0.25) is 0 Å². The van der Waals surface area contributed by atoms with Crippen LogP contribution in [0.5, 0.6) is 5.75 Å². The van der Waals surface area contributed by atoms with Crippen molar-refractivity contribution in [1.29, 1.82) is 0 Å². The van der Waals surface area contributed by atoms with Crippen LogP contribution in [-0.4, -0.2) is 27.9 Å². The Labute approximate surface area is 169 Å². The summed E-state index contributed by atoms with van der Waals surface area (Å²) in [5.74, 6) is -3.14. The molecule has 0 saturated carbocycles. The standard InChI is InChI=1S/C19H12BrF4NO4/c1-9-13(8-16(26)27)14-6-11(20)7-15(21)17(14)25(9)18(28)10-2-4-12(5-3-10)29-19(22,23)24/h2-7H,8H2,1H3,(H,26,27). The van der Waals surface area contributed by atoms with E-state index in [2.05, 4.69) is 20.7 Å². The first-order valence-corrected chi connectivity index (χ1v) is 8.88. The fraction of sp³-hybridized carbons (Fsp3) is 0.158. The predicted molar refractivity (Wildman–Crippen MR) is 98.5 cm³/mol. The van der Waals surface area contributed by atoms with Crippen LogP contribution in [0, 0.1) is 12.7 Å². The summed E-state index contributed by atoms with van der Waals surface area (Å²) >= 11 is 3.14. The van der Waals surface area contributed by atoms with Gasteiger partial charge in [-0.3, -0.25) is 14.2 Å². The number of hydrogen-bond donors (Lipinski definition) is 1. The Morgan fingerprint density at radius 2 is 1.79 bits per heavy atom. The summed E-state index contributed by atoms with van der Waals surface area (Å²) in [6.45, 7) is 1.48. The Kier molecular flexibility index (Phi) is 5.40. The van der Waals surface area contributed by atoms with Crippen LogP contribution in [-0.2, 0) is 11.2 Å². The lowest BCUT2D eigenvalue weighted by molar-refractivity contribution is -0.274. The Hall–Kier alpha value is -2.88. The number of carboxylic acids is 1. The molecule has 0 aliphatic heterocycles. The van der Waals surface area contributed by atoms with E-state index in [1.165, 1.54) is 13.0 Å². The van der Waals surface area contributed by atoms with E-state index in [4.69, 9.17) is 0 Å². The van der Waals surface area contributed by atoms with Crippen molar-refractivity contribution in [3.63, 3.8) is 0 Å². The van der Waals surface area contributed by atoms with E-state index in [0.717, 1.165) is 34.9 Å². The number of aliphatic carboxylic acids is 1. The molecule has 1 aromatic heterocycles. The van der Waals surface area contributed by atoms with Gasteiger partial charge < -0.3 is 9.84 Å². The highest BCUT2D eigenvalue weighted by Gasteiger charge is 2.31. The van der Waals surface area contributed by atoms with Gasteiger partial charge in [0, 0.05) is 21.1 Å². The largest absolute Gasteiger partial charge is 0.573 e. The third-order valence-corrected chi connectivity index (χ3v) is 4.67. The van der Waals surface area contributed by atoms with Gasteiger partial charge in [-0.15, -0.1) is 13.2 Å². The average molecular weight is 474 g/mol. The third kappa shape index (κ3) is 4.26. The van der Waals surface area contributed by atoms with Crippen molar-refractivity contribution in [3.05, 3.63) is 63.5 Å². The van der Waals surface area contributed by atoms with Crippen LogP contribution < -0.4 is 4.74 Å². The van der Waals surface area contributed by atoms with Gasteiger partial charge in [-0.2, -0.15) is 0 Å². The summed E-state index contributed by atoms with van der Waals surface area (Å²) < 4.78 is 56.7. The third-order valence-electron chi connectivity index (χ3n) is 4.21. The Morgan fingerprint density at radius 3 is 2.34 bits per heavy atom. The summed E-state index contributed by atoms with van der Waals surface area (Å²) in [4.78, 5) is 24.2. The van der Waals surface area contributed by atoms with E-state index in [1.54, 1.807) is 0 Å². The Bertz CT molecular complexity index is 1120. The van der Waals surface area contributed by atoms with Gasteiger partial charge in [0.15, 0.2) is 0 Å². The molecule has 1 N–H and O–H groups in total. The van der Waals surface area contributed by atoms with Crippen molar-refractivity contribution < 1.29 is 37.0 Å². The molecule has 0 unspecified atom stereocenters. The summed E-state index contributed by atoms with van der Waals surface area (Å²) in [5.41, 5.74) is 0.351. The number of nitrogens with zero attached hydrogens (tertiary/aromatic N) is 1. The molecule has 3 rings (SSSR count). The number of alkyl halides is 3. The van der Waals surface area contributed by atoms with Gasteiger partial charge in [-0.25, -0.2) is 4.39 Å². The molecule has 1 heterocycles. The molecule has 152 valence electrons. The van der Waals surface area contributed by atoms with Gasteiger partial charge in [-0.1, -0.05) is 15.9 Å². The molecule has 0 spiro atoms. The van der Waals surface area contributed by atoms with Gasteiger partial charge in [0.1, 0.15) is 11.6 Å². The highest BCUT2D eigenvalue weighted by atomic mass is 79.9. The zero-order chi connectivity index (χ0) is 21.5. The monoisotopic (exact) mass is 473 g/mol. The minimum Gasteiger partial charge on any atom is -0.481 e. The Balaban J connectivity index is 2.13. The van der Waals surface area contributed by atoms with Crippen LogP contribution in [0.25, 0.3) is 10.9 Å². The first-order chi connectivity index (χ1) is 13.5. The van der Waals surface area contributed by atoms with Crippen LogP contribution in [0.15, 0.2) is 40.9 Å². The van der Waals surface area contributed by atoms with Crippen LogP contribution in [0.1, 0.15) is 21.6 Å². The number of carbonyl (C=O) groups is 2. The van der Waals surface area contributed by atoms with Crippen LogP contribution >= 0.6 is 15.9 Å². The summed E-state index contributed by atoms with van der Waals surface area (Å²) in [7, 11) is 0. The second-order valence-corrected chi connectivity index (χ2v) is 7.05. The van der Waals surface area contributed by atoms with E-state index in [-0.39, 0.29) is 27.7 Å². The molecule has 2 aromatic carbocycles. The molecule has 5 nitrogen and oxygen atoms in total. The molecule has 0 saturated heterocycles. The maximum absolute atomic E-state index is 14.7. The maximum atomic E-state index is 14.7. The molecule has 29 heavy (non-hydrogen) atoms. The lowest BCUT2D eigenvalue weighted by atomic mass is 10.1. The number of ether oxygens (including phenoxy) is 1. The van der Waals surface area contributed by atoms with E-state index in [1.807, 2.05) is 0 Å². The first kappa shape index (κ1) is 20.8. The smallest absolute Gasteiger partial charge is 0.481 e. The SMILES string of the molecule is Cc1c(CC(=O)O)c2cc(Br)cc(F)c2n1C(=O)c1ccc(OC(F)(F)F)cc1. The van der Waals surface area contributed by atoms with E-state index >= 15 is 0 Å². The molecular weight excluding hydrogens is 462 g/mol. The number of halogens is 5. The maximum Gasteiger partial charge on any atom is 0.573 e. The van der Waals surface area contributed by atoms with Crippen molar-refractivity contribution in [2.75, 3.05) is 0 Å². The van der Waals surface area contributed by atoms with E-state index in [9.17, 15) is 32.3 Å². The fourth-order valence-electron chi connectivity index (χ4n) is 3.08. The molecule has 3 aromatic rings. The minimum atomic E-state index is -4.87. The quantitative estimate of drug-likeness (QED) is 0.537. The van der Waals surface area contributed by atoms with Crippen LogP contribution in [0.4, 0.5) is 17.6 Å². The van der Waals surface area contributed by atoms with E-state index < -0.39 is 36.2 Å². The zero-order valence-corrected chi connectivity index (χ0v) is 16.3. The highest BCUT2D eigenvalue weighted by Crippen LogP contribution is 2.32. The topological polar surface area (TPSA) is 68.5 Å². The highest BCUT2D eigenvalue weighted by molar-refractivity contribution is 9.10. The summed E-state index contributed by atoms with van der Waals surface area (Å²) in [6, 6.07) is 6.80. The van der Waals surface area contributed by atoms with Crippen molar-refractivity contribution >= 4 is 38.7 Å². The summed E-state index contributed by atoms with van der Waals surface area (Å²) in [5, 5.41) is 9.42. The normalized spacial score (nSPS) is 11.7. The van der Waals surface area contributed by atoms with Gasteiger partial charge in [0.25, 0.3) is 5.91 Å². The van der Waals surface area contributed by atoms with E-state index in [0.29, 0.717) is 4.47 Å². The molecule has 10 heteroatoms. The van der Waals surface area contributed by atoms with Gasteiger partial charge in [-0.05, 0) is 48.9 Å². The molecule has 0 atom stereocenters. The number of benzene rings is 2. The number of carbonyl (C=O) groups excluding carboxylic acids is 1. The predicted octanol–water partition coefficient (Wildman–Crippen LogP) is 5.07. The van der Waals surface area contributed by atoms with Crippen LogP contribution in [0.3, 0.4) is 0 Å². The van der Waals surface area contributed by atoms with Crippen LogP contribution in [0.2, 0.25) is 0 Å². The summed E-state index contributed by atoms with van der Waals surface area (Å²) in [6.07, 6.45) is -5.31. The molecule has 0 aliphatic rings. The molecule has 0 amide bonds. The zero-order valence-electron chi connectivity index (χ0n) is 14.7. The molecule has 0 fully saturated rings. The molecule has 0 radical (unpaired) electrons. The van der Waals surface area contributed by atoms with Gasteiger partial charge in [0.05, 0.1) is 11.9 Å². The van der Waals surface area contributed by atoms with Crippen molar-refractivity contribution in [2.24, 2.45) is 0 Å². The van der Waals surface area contributed by atoms with Gasteiger partial charge >= 0.3 is 12.3 Å². The molecular formula is C19H12BrF4NO4. The lowest BCUT2D eigenvalue weighted by Gasteiger charge is -2.11.